The van der Waals surface area contributed by atoms with Crippen LogP contribution < -0.4 is 0 Å². The van der Waals surface area contributed by atoms with Gasteiger partial charge in [-0.3, -0.25) is 9.69 Å². The van der Waals surface area contributed by atoms with Crippen molar-refractivity contribution in [2.24, 2.45) is 0 Å². The summed E-state index contributed by atoms with van der Waals surface area (Å²) in [5.74, 6) is 0.262. The molecule has 0 aliphatic carbocycles. The molecule has 1 fully saturated rings. The summed E-state index contributed by atoms with van der Waals surface area (Å²) in [6.45, 7) is 6.76. The molecule has 0 atom stereocenters. The molecule has 0 N–H and O–H groups in total. The van der Waals surface area contributed by atoms with Gasteiger partial charge in [-0.15, -0.1) is 11.3 Å². The Balaban J connectivity index is 1.50. The molecule has 1 aliphatic rings. The number of piperazine rings is 1. The highest BCUT2D eigenvalue weighted by atomic mass is 32.1. The summed E-state index contributed by atoms with van der Waals surface area (Å²) in [5.41, 5.74) is 2.74. The van der Waals surface area contributed by atoms with Crippen LogP contribution in [0.2, 0.25) is 0 Å². The number of benzene rings is 1. The fourth-order valence-electron chi connectivity index (χ4n) is 2.86. The van der Waals surface area contributed by atoms with Crippen LogP contribution in [0.15, 0.2) is 41.8 Å². The standard InChI is InChI=1S/C18H22N2OS/c1-15-5-2-3-6-16(15)14-19-8-10-20(11-9-19)18(21)13-17-7-4-12-22-17/h2-7,12H,8-11,13-14H2,1H3. The second-order valence-electron chi connectivity index (χ2n) is 5.84. The molecule has 0 saturated carbocycles. The first-order chi connectivity index (χ1) is 10.7. The molecule has 2 heterocycles. The molecule has 22 heavy (non-hydrogen) atoms. The molecule has 1 saturated heterocycles. The van der Waals surface area contributed by atoms with E-state index in [1.54, 1.807) is 11.3 Å². The third-order valence-corrected chi connectivity index (χ3v) is 5.16. The van der Waals surface area contributed by atoms with Crippen molar-refractivity contribution in [1.82, 2.24) is 9.80 Å². The normalized spacial score (nSPS) is 16.0. The summed E-state index contributed by atoms with van der Waals surface area (Å²) in [7, 11) is 0. The minimum Gasteiger partial charge on any atom is -0.340 e. The van der Waals surface area contributed by atoms with Gasteiger partial charge in [0.05, 0.1) is 6.42 Å². The van der Waals surface area contributed by atoms with E-state index < -0.39 is 0 Å². The van der Waals surface area contributed by atoms with Crippen molar-refractivity contribution >= 4 is 17.2 Å². The third kappa shape index (κ3) is 3.76. The predicted molar refractivity (Wildman–Crippen MR) is 91.1 cm³/mol. The molecular formula is C18H22N2OS. The van der Waals surface area contributed by atoms with Gasteiger partial charge in [-0.2, -0.15) is 0 Å². The molecule has 3 rings (SSSR count). The number of aryl methyl sites for hydroxylation is 1. The summed E-state index contributed by atoms with van der Waals surface area (Å²) in [6, 6.07) is 12.6. The Kier molecular flexibility index (Phi) is 4.90. The Hall–Kier alpha value is -1.65. The van der Waals surface area contributed by atoms with E-state index in [-0.39, 0.29) is 5.91 Å². The maximum absolute atomic E-state index is 12.3. The summed E-state index contributed by atoms with van der Waals surface area (Å²) >= 11 is 1.66. The minimum atomic E-state index is 0.262. The molecule has 0 bridgehead atoms. The lowest BCUT2D eigenvalue weighted by molar-refractivity contribution is -0.132. The highest BCUT2D eigenvalue weighted by molar-refractivity contribution is 7.10. The van der Waals surface area contributed by atoms with Crippen molar-refractivity contribution in [3.8, 4) is 0 Å². The molecule has 4 heteroatoms. The van der Waals surface area contributed by atoms with Crippen LogP contribution in [0.25, 0.3) is 0 Å². The fraction of sp³-hybridized carbons (Fsp3) is 0.389. The number of hydrogen-bond acceptors (Lipinski definition) is 3. The Morgan fingerprint density at radius 3 is 2.55 bits per heavy atom. The number of carbonyl (C=O) groups excluding carboxylic acids is 1. The van der Waals surface area contributed by atoms with Gasteiger partial charge < -0.3 is 4.90 Å². The first-order valence-electron chi connectivity index (χ1n) is 7.79. The topological polar surface area (TPSA) is 23.6 Å². The smallest absolute Gasteiger partial charge is 0.227 e. The van der Waals surface area contributed by atoms with Gasteiger partial charge in [0.15, 0.2) is 0 Å². The van der Waals surface area contributed by atoms with Gasteiger partial charge in [-0.1, -0.05) is 30.3 Å². The summed E-state index contributed by atoms with van der Waals surface area (Å²) < 4.78 is 0. The maximum atomic E-state index is 12.3. The van der Waals surface area contributed by atoms with Gasteiger partial charge in [0.25, 0.3) is 0 Å². The van der Waals surface area contributed by atoms with Crippen molar-refractivity contribution in [3.05, 3.63) is 57.8 Å². The zero-order chi connectivity index (χ0) is 15.4. The largest absolute Gasteiger partial charge is 0.340 e. The second-order valence-corrected chi connectivity index (χ2v) is 6.87. The van der Waals surface area contributed by atoms with Gasteiger partial charge in [-0.25, -0.2) is 0 Å². The molecule has 1 amide bonds. The molecule has 3 nitrogen and oxygen atoms in total. The van der Waals surface area contributed by atoms with Gasteiger partial charge in [-0.05, 0) is 29.5 Å². The molecule has 0 unspecified atom stereocenters. The SMILES string of the molecule is Cc1ccccc1CN1CCN(C(=O)Cc2cccs2)CC1. The monoisotopic (exact) mass is 314 g/mol. The lowest BCUT2D eigenvalue weighted by atomic mass is 10.1. The van der Waals surface area contributed by atoms with Crippen molar-refractivity contribution in [2.75, 3.05) is 26.2 Å². The number of rotatable bonds is 4. The Morgan fingerprint density at radius 1 is 1.09 bits per heavy atom. The minimum absolute atomic E-state index is 0.262. The predicted octanol–water partition coefficient (Wildman–Crippen LogP) is 2.94. The molecule has 1 aromatic heterocycles. The molecule has 1 aromatic carbocycles. The highest BCUT2D eigenvalue weighted by Gasteiger charge is 2.21. The maximum Gasteiger partial charge on any atom is 0.227 e. The zero-order valence-electron chi connectivity index (χ0n) is 13.0. The van der Waals surface area contributed by atoms with E-state index in [1.165, 1.54) is 11.1 Å². The van der Waals surface area contributed by atoms with Crippen LogP contribution in [0, 0.1) is 6.92 Å². The highest BCUT2D eigenvalue weighted by Crippen LogP contribution is 2.14. The molecule has 116 valence electrons. The Bertz CT molecular complexity index is 616. The summed E-state index contributed by atoms with van der Waals surface area (Å²) in [5, 5.41) is 2.03. The molecule has 0 spiro atoms. The van der Waals surface area contributed by atoms with Gasteiger partial charge >= 0.3 is 0 Å². The van der Waals surface area contributed by atoms with Crippen LogP contribution in [-0.4, -0.2) is 41.9 Å². The van der Waals surface area contributed by atoms with Crippen LogP contribution >= 0.6 is 11.3 Å². The summed E-state index contributed by atoms with van der Waals surface area (Å²) in [4.78, 5) is 17.9. The molecule has 1 aliphatic heterocycles. The van der Waals surface area contributed by atoms with Gasteiger partial charge in [0, 0.05) is 37.6 Å². The number of carbonyl (C=O) groups is 1. The molecule has 2 aromatic rings. The van der Waals surface area contributed by atoms with Crippen molar-refractivity contribution < 1.29 is 4.79 Å². The van der Waals surface area contributed by atoms with Crippen LogP contribution in [0.3, 0.4) is 0 Å². The molecule has 0 radical (unpaired) electrons. The lowest BCUT2D eigenvalue weighted by Gasteiger charge is -2.35. The van der Waals surface area contributed by atoms with E-state index in [0.29, 0.717) is 6.42 Å². The second kappa shape index (κ2) is 7.07. The van der Waals surface area contributed by atoms with Crippen LogP contribution in [0.1, 0.15) is 16.0 Å². The number of thiophene rings is 1. The van der Waals surface area contributed by atoms with Crippen molar-refractivity contribution in [3.63, 3.8) is 0 Å². The Morgan fingerprint density at radius 2 is 1.86 bits per heavy atom. The quantitative estimate of drug-likeness (QED) is 0.866. The lowest BCUT2D eigenvalue weighted by Crippen LogP contribution is -2.48. The van der Waals surface area contributed by atoms with Gasteiger partial charge in [0.2, 0.25) is 5.91 Å². The van der Waals surface area contributed by atoms with E-state index in [4.69, 9.17) is 0 Å². The average molecular weight is 314 g/mol. The number of nitrogens with zero attached hydrogens (tertiary/aromatic N) is 2. The van der Waals surface area contributed by atoms with Gasteiger partial charge in [0.1, 0.15) is 0 Å². The average Bonchev–Trinajstić information content (AvgIpc) is 3.03. The first-order valence-corrected chi connectivity index (χ1v) is 8.67. The Labute approximate surface area is 136 Å². The van der Waals surface area contributed by atoms with E-state index in [0.717, 1.165) is 37.6 Å². The van der Waals surface area contributed by atoms with E-state index >= 15 is 0 Å². The molecular weight excluding hydrogens is 292 g/mol. The van der Waals surface area contributed by atoms with Crippen molar-refractivity contribution in [1.29, 1.82) is 0 Å². The van der Waals surface area contributed by atoms with E-state index in [2.05, 4.69) is 36.1 Å². The van der Waals surface area contributed by atoms with E-state index in [1.807, 2.05) is 22.4 Å². The number of hydrogen-bond donors (Lipinski definition) is 0. The van der Waals surface area contributed by atoms with Crippen LogP contribution in [-0.2, 0) is 17.8 Å². The zero-order valence-corrected chi connectivity index (χ0v) is 13.8. The van der Waals surface area contributed by atoms with Crippen LogP contribution in [0.4, 0.5) is 0 Å². The third-order valence-electron chi connectivity index (χ3n) is 4.29. The first kappa shape index (κ1) is 15.3. The van der Waals surface area contributed by atoms with Crippen LogP contribution in [0.5, 0.6) is 0 Å². The fourth-order valence-corrected chi connectivity index (χ4v) is 3.55. The number of amides is 1. The van der Waals surface area contributed by atoms with Crippen molar-refractivity contribution in [2.45, 2.75) is 19.9 Å². The van der Waals surface area contributed by atoms with E-state index in [9.17, 15) is 4.79 Å². The summed E-state index contributed by atoms with van der Waals surface area (Å²) in [6.07, 6.45) is 0.551.